The SMILES string of the molecule is CCn1c2ccc(OCC(=O)O)cc2c2c3c[nH]c(O)c3c3c(c21)CCc1nn(C)cc1-3. The summed E-state index contributed by atoms with van der Waals surface area (Å²) in [6.07, 6.45) is 5.55. The van der Waals surface area contributed by atoms with Crippen LogP contribution < -0.4 is 4.74 Å². The van der Waals surface area contributed by atoms with E-state index in [4.69, 9.17) is 9.84 Å². The second-order valence-corrected chi connectivity index (χ2v) is 8.27. The fraction of sp³-hybridized carbons (Fsp3) is 0.250. The zero-order valence-electron chi connectivity index (χ0n) is 17.8. The molecule has 8 heteroatoms. The third-order valence-electron chi connectivity index (χ3n) is 6.47. The number of benzene rings is 2. The molecule has 0 unspecified atom stereocenters. The van der Waals surface area contributed by atoms with Crippen LogP contribution in [0.2, 0.25) is 0 Å². The van der Waals surface area contributed by atoms with Gasteiger partial charge in [0.2, 0.25) is 0 Å². The fourth-order valence-electron chi connectivity index (χ4n) is 5.33. The summed E-state index contributed by atoms with van der Waals surface area (Å²) in [6, 6.07) is 5.70. The number of carbonyl (C=O) groups is 1. The van der Waals surface area contributed by atoms with Gasteiger partial charge in [0.05, 0.1) is 16.6 Å². The summed E-state index contributed by atoms with van der Waals surface area (Å²) >= 11 is 0. The summed E-state index contributed by atoms with van der Waals surface area (Å²) in [5.74, 6) is -0.360. The Hall–Kier alpha value is -3.94. The lowest BCUT2D eigenvalue weighted by atomic mass is 9.85. The topological polar surface area (TPSA) is 105 Å². The second kappa shape index (κ2) is 6.53. The number of aromatic nitrogens is 4. The minimum absolute atomic E-state index is 0.144. The van der Waals surface area contributed by atoms with Crippen molar-refractivity contribution in [3.63, 3.8) is 0 Å². The second-order valence-electron chi connectivity index (χ2n) is 8.27. The van der Waals surface area contributed by atoms with Gasteiger partial charge in [0.15, 0.2) is 12.5 Å². The zero-order chi connectivity index (χ0) is 22.1. The highest BCUT2D eigenvalue weighted by Gasteiger charge is 2.29. The number of ether oxygens (including phenoxy) is 1. The number of carboxylic acids is 1. The molecule has 0 amide bonds. The maximum absolute atomic E-state index is 11.0. The largest absolute Gasteiger partial charge is 0.494 e. The first-order valence-corrected chi connectivity index (χ1v) is 10.7. The molecule has 32 heavy (non-hydrogen) atoms. The van der Waals surface area contributed by atoms with E-state index in [2.05, 4.69) is 21.6 Å². The summed E-state index contributed by atoms with van der Waals surface area (Å²) in [4.78, 5) is 14.0. The van der Waals surface area contributed by atoms with Gasteiger partial charge in [0.25, 0.3) is 0 Å². The first-order chi connectivity index (χ1) is 15.5. The maximum Gasteiger partial charge on any atom is 0.341 e. The molecular weight excluding hydrogens is 408 g/mol. The van der Waals surface area contributed by atoms with Gasteiger partial charge < -0.3 is 24.5 Å². The standard InChI is InChI=1S/C24H22N4O4/c1-3-28-18-7-4-12(32-11-19(29)30)8-14(18)21-15-9-25-24(31)22(15)20-13(23(21)28)5-6-17-16(20)10-27(2)26-17/h4,7-10,25,31H,3,5-6,11H2,1-2H3,(H,29,30). The van der Waals surface area contributed by atoms with Crippen LogP contribution in [0.25, 0.3) is 43.7 Å². The van der Waals surface area contributed by atoms with E-state index < -0.39 is 12.6 Å². The lowest BCUT2D eigenvalue weighted by Gasteiger charge is -2.20. The van der Waals surface area contributed by atoms with Crippen LogP contribution >= 0.6 is 0 Å². The number of aromatic amines is 1. The Morgan fingerprint density at radius 2 is 2.09 bits per heavy atom. The van der Waals surface area contributed by atoms with Crippen LogP contribution in [0, 0.1) is 0 Å². The first-order valence-electron chi connectivity index (χ1n) is 10.7. The van der Waals surface area contributed by atoms with E-state index in [-0.39, 0.29) is 5.88 Å². The molecule has 6 rings (SSSR count). The summed E-state index contributed by atoms with van der Waals surface area (Å²) < 4.78 is 9.60. The van der Waals surface area contributed by atoms with Gasteiger partial charge in [-0.05, 0) is 43.5 Å². The average Bonchev–Trinajstić information content (AvgIpc) is 3.44. The van der Waals surface area contributed by atoms with Crippen molar-refractivity contribution in [1.29, 1.82) is 0 Å². The summed E-state index contributed by atoms with van der Waals surface area (Å²) in [6.45, 7) is 2.51. The lowest BCUT2D eigenvalue weighted by Crippen LogP contribution is -2.09. The molecule has 162 valence electrons. The number of carboxylic acid groups (broad SMARTS) is 1. The number of hydrogen-bond acceptors (Lipinski definition) is 4. The smallest absolute Gasteiger partial charge is 0.341 e. The van der Waals surface area contributed by atoms with Crippen molar-refractivity contribution < 1.29 is 19.7 Å². The van der Waals surface area contributed by atoms with Crippen LogP contribution in [0.15, 0.2) is 30.6 Å². The molecule has 2 aromatic carbocycles. The lowest BCUT2D eigenvalue weighted by molar-refractivity contribution is -0.139. The van der Waals surface area contributed by atoms with Crippen LogP contribution in [-0.2, 0) is 31.2 Å². The van der Waals surface area contributed by atoms with Crippen LogP contribution in [-0.4, -0.2) is 42.1 Å². The Kier molecular flexibility index (Phi) is 3.83. The molecule has 3 aromatic heterocycles. The van der Waals surface area contributed by atoms with E-state index in [9.17, 15) is 9.90 Å². The molecular formula is C24H22N4O4. The zero-order valence-corrected chi connectivity index (χ0v) is 17.8. The minimum atomic E-state index is -1.01. The molecule has 5 aromatic rings. The summed E-state index contributed by atoms with van der Waals surface area (Å²) in [5.41, 5.74) is 6.56. The number of aliphatic carboxylic acids is 1. The molecule has 0 fully saturated rings. The van der Waals surface area contributed by atoms with Gasteiger partial charge in [-0.2, -0.15) is 5.10 Å². The average molecular weight is 430 g/mol. The molecule has 0 aliphatic heterocycles. The van der Waals surface area contributed by atoms with Crippen molar-refractivity contribution in [3.05, 3.63) is 41.9 Å². The van der Waals surface area contributed by atoms with Crippen LogP contribution in [0.5, 0.6) is 11.6 Å². The van der Waals surface area contributed by atoms with E-state index in [0.717, 1.165) is 68.8 Å². The molecule has 0 saturated heterocycles. The number of rotatable bonds is 4. The minimum Gasteiger partial charge on any atom is -0.494 e. The number of aromatic hydroxyl groups is 1. The molecule has 3 N–H and O–H groups in total. The fourth-order valence-corrected chi connectivity index (χ4v) is 5.33. The molecule has 0 saturated carbocycles. The number of H-pyrrole nitrogens is 1. The predicted molar refractivity (Wildman–Crippen MR) is 121 cm³/mol. The Morgan fingerprint density at radius 3 is 2.88 bits per heavy atom. The predicted octanol–water partition coefficient (Wildman–Crippen LogP) is 3.96. The molecule has 0 atom stereocenters. The Balaban J connectivity index is 1.77. The summed E-state index contributed by atoms with van der Waals surface area (Å²) in [7, 11) is 1.92. The van der Waals surface area contributed by atoms with Crippen molar-refractivity contribution in [2.24, 2.45) is 7.05 Å². The first kappa shape index (κ1) is 18.8. The third kappa shape index (κ3) is 2.43. The van der Waals surface area contributed by atoms with Crippen molar-refractivity contribution in [2.75, 3.05) is 6.61 Å². The molecule has 8 nitrogen and oxygen atoms in total. The van der Waals surface area contributed by atoms with Gasteiger partial charge in [0, 0.05) is 58.8 Å². The van der Waals surface area contributed by atoms with Crippen molar-refractivity contribution in [2.45, 2.75) is 26.3 Å². The number of fused-ring (bicyclic) bond motifs is 10. The van der Waals surface area contributed by atoms with E-state index in [1.54, 1.807) is 0 Å². The number of nitrogens with zero attached hydrogens (tertiary/aromatic N) is 3. The molecule has 3 heterocycles. The maximum atomic E-state index is 11.0. The highest BCUT2D eigenvalue weighted by atomic mass is 16.5. The monoisotopic (exact) mass is 430 g/mol. The van der Waals surface area contributed by atoms with E-state index in [1.807, 2.05) is 42.3 Å². The van der Waals surface area contributed by atoms with Crippen molar-refractivity contribution >= 4 is 38.5 Å². The molecule has 1 aliphatic carbocycles. The van der Waals surface area contributed by atoms with E-state index in [0.29, 0.717) is 5.75 Å². The highest BCUT2D eigenvalue weighted by molar-refractivity contribution is 6.26. The van der Waals surface area contributed by atoms with E-state index in [1.165, 1.54) is 5.56 Å². The van der Waals surface area contributed by atoms with Gasteiger partial charge in [-0.25, -0.2) is 4.79 Å². The number of aryl methyl sites for hydroxylation is 4. The van der Waals surface area contributed by atoms with Crippen LogP contribution in [0.3, 0.4) is 0 Å². The summed E-state index contributed by atoms with van der Waals surface area (Å²) in [5, 5.41) is 28.2. The van der Waals surface area contributed by atoms with Gasteiger partial charge in [-0.1, -0.05) is 0 Å². The Labute approximate surface area is 182 Å². The van der Waals surface area contributed by atoms with Crippen LogP contribution in [0.1, 0.15) is 18.2 Å². The quantitative estimate of drug-likeness (QED) is 0.400. The number of hydrogen-bond donors (Lipinski definition) is 3. The Morgan fingerprint density at radius 1 is 1.25 bits per heavy atom. The van der Waals surface area contributed by atoms with E-state index >= 15 is 0 Å². The molecule has 0 radical (unpaired) electrons. The molecule has 1 aliphatic rings. The van der Waals surface area contributed by atoms with Gasteiger partial charge in [-0.3, -0.25) is 4.68 Å². The third-order valence-corrected chi connectivity index (χ3v) is 6.47. The number of nitrogens with one attached hydrogen (secondary N) is 1. The molecule has 0 bridgehead atoms. The van der Waals surface area contributed by atoms with Crippen molar-refractivity contribution in [1.82, 2.24) is 19.3 Å². The van der Waals surface area contributed by atoms with Gasteiger partial charge >= 0.3 is 5.97 Å². The normalized spacial score (nSPS) is 13.1. The van der Waals surface area contributed by atoms with Crippen LogP contribution in [0.4, 0.5) is 0 Å². The highest BCUT2D eigenvalue weighted by Crippen LogP contribution is 2.49. The van der Waals surface area contributed by atoms with Gasteiger partial charge in [-0.15, -0.1) is 0 Å². The molecule has 0 spiro atoms. The Bertz CT molecular complexity index is 1570. The van der Waals surface area contributed by atoms with Gasteiger partial charge in [0.1, 0.15) is 5.75 Å². The van der Waals surface area contributed by atoms with Crippen molar-refractivity contribution in [3.8, 4) is 22.8 Å².